The predicted octanol–water partition coefficient (Wildman–Crippen LogP) is 4.50. The summed E-state index contributed by atoms with van der Waals surface area (Å²) in [5, 5.41) is 3.22. The van der Waals surface area contributed by atoms with Gasteiger partial charge in [0.25, 0.3) is 0 Å². The topological polar surface area (TPSA) is 77.8 Å². The molecule has 1 heterocycles. The Morgan fingerprint density at radius 2 is 1.73 bits per heavy atom. The number of carbonyl (C=O) groups is 1. The Labute approximate surface area is 169 Å². The summed E-state index contributed by atoms with van der Waals surface area (Å²) in [6.45, 7) is 3.49. The lowest BCUT2D eigenvalue weighted by atomic mass is 10.0. The monoisotopic (exact) mass is 421 g/mol. The fourth-order valence-electron chi connectivity index (χ4n) is 3.10. The summed E-state index contributed by atoms with van der Waals surface area (Å²) in [4.78, 5) is 24.8. The van der Waals surface area contributed by atoms with E-state index < -0.39 is 23.6 Å². The molecule has 9 heteroatoms. The van der Waals surface area contributed by atoms with Crippen molar-refractivity contribution in [2.75, 3.05) is 12.4 Å². The predicted molar refractivity (Wildman–Crippen MR) is 104 cm³/mol. The van der Waals surface area contributed by atoms with Crippen LogP contribution in [0.3, 0.4) is 0 Å². The van der Waals surface area contributed by atoms with Crippen molar-refractivity contribution in [2.24, 2.45) is 0 Å². The third-order valence-electron chi connectivity index (χ3n) is 4.58. The Bertz CT molecular complexity index is 1150. The van der Waals surface area contributed by atoms with Crippen LogP contribution in [-0.2, 0) is 11.2 Å². The first kappa shape index (κ1) is 21.2. The smallest absolute Gasteiger partial charge is 0.496 e. The first-order valence-electron chi connectivity index (χ1n) is 8.84. The fraction of sp³-hybridized carbons (Fsp3) is 0.238. The highest BCUT2D eigenvalue weighted by molar-refractivity contribution is 5.93. The summed E-state index contributed by atoms with van der Waals surface area (Å²) in [5.41, 5.74) is 1.49. The van der Waals surface area contributed by atoms with Crippen LogP contribution in [0.2, 0.25) is 0 Å². The molecular formula is C21H18F3NO5. The molecule has 0 unspecified atom stereocenters. The van der Waals surface area contributed by atoms with Crippen molar-refractivity contribution in [1.82, 2.24) is 0 Å². The first-order chi connectivity index (χ1) is 14.1. The van der Waals surface area contributed by atoms with Gasteiger partial charge in [-0.3, -0.25) is 4.79 Å². The molecule has 0 saturated carbocycles. The quantitative estimate of drug-likeness (QED) is 0.614. The third-order valence-corrected chi connectivity index (χ3v) is 4.58. The molecule has 30 heavy (non-hydrogen) atoms. The number of aryl methyl sites for hydroxylation is 2. The van der Waals surface area contributed by atoms with Crippen molar-refractivity contribution < 1.29 is 31.9 Å². The molecule has 0 radical (unpaired) electrons. The highest BCUT2D eigenvalue weighted by atomic mass is 19.4. The van der Waals surface area contributed by atoms with Gasteiger partial charge in [0.05, 0.1) is 19.1 Å². The van der Waals surface area contributed by atoms with Crippen LogP contribution in [0.15, 0.2) is 45.6 Å². The van der Waals surface area contributed by atoms with Crippen LogP contribution in [0.25, 0.3) is 11.0 Å². The van der Waals surface area contributed by atoms with Crippen molar-refractivity contribution in [3.8, 4) is 11.5 Å². The van der Waals surface area contributed by atoms with E-state index in [0.29, 0.717) is 27.8 Å². The van der Waals surface area contributed by atoms with Gasteiger partial charge < -0.3 is 19.2 Å². The number of carbonyl (C=O) groups excluding carboxylic acids is 1. The Morgan fingerprint density at radius 3 is 2.33 bits per heavy atom. The number of anilines is 1. The zero-order chi connectivity index (χ0) is 22.1. The molecule has 3 aromatic rings. The SMILES string of the molecule is COc1ccc2c(C)c(CC(=O)Nc3ccc(OC(F)(F)F)cc3)c(=O)oc2c1C. The molecule has 6 nitrogen and oxygen atoms in total. The summed E-state index contributed by atoms with van der Waals surface area (Å²) in [6, 6.07) is 8.19. The number of amides is 1. The van der Waals surface area contributed by atoms with E-state index in [1.165, 1.54) is 19.2 Å². The number of benzene rings is 2. The zero-order valence-corrected chi connectivity index (χ0v) is 16.3. The van der Waals surface area contributed by atoms with E-state index in [2.05, 4.69) is 10.1 Å². The van der Waals surface area contributed by atoms with Gasteiger partial charge in [-0.05, 0) is 55.8 Å². The standard InChI is InChI=1S/C21H18F3NO5/c1-11-15-8-9-17(28-3)12(2)19(15)29-20(27)16(11)10-18(26)25-13-4-6-14(7-5-13)30-21(22,23)24/h4-9H,10H2,1-3H3,(H,25,26). The highest BCUT2D eigenvalue weighted by Gasteiger charge is 2.31. The van der Waals surface area contributed by atoms with Crippen LogP contribution >= 0.6 is 0 Å². The Balaban J connectivity index is 1.81. The summed E-state index contributed by atoms with van der Waals surface area (Å²) < 4.78 is 51.1. The number of rotatable bonds is 5. The van der Waals surface area contributed by atoms with E-state index in [4.69, 9.17) is 9.15 Å². The Morgan fingerprint density at radius 1 is 1.07 bits per heavy atom. The van der Waals surface area contributed by atoms with Crippen LogP contribution in [0.5, 0.6) is 11.5 Å². The van der Waals surface area contributed by atoms with Crippen LogP contribution in [0, 0.1) is 13.8 Å². The van der Waals surface area contributed by atoms with Crippen molar-refractivity contribution in [1.29, 1.82) is 0 Å². The van der Waals surface area contributed by atoms with E-state index in [1.54, 1.807) is 26.0 Å². The van der Waals surface area contributed by atoms with Gasteiger partial charge in [0.15, 0.2) is 0 Å². The van der Waals surface area contributed by atoms with E-state index in [1.807, 2.05) is 0 Å². The van der Waals surface area contributed by atoms with Crippen molar-refractivity contribution >= 4 is 22.6 Å². The van der Waals surface area contributed by atoms with Gasteiger partial charge in [-0.25, -0.2) is 4.79 Å². The minimum atomic E-state index is -4.80. The second-order valence-electron chi connectivity index (χ2n) is 6.56. The van der Waals surface area contributed by atoms with E-state index >= 15 is 0 Å². The molecule has 0 saturated heterocycles. The lowest BCUT2D eigenvalue weighted by molar-refractivity contribution is -0.274. The van der Waals surface area contributed by atoms with Gasteiger partial charge in [-0.15, -0.1) is 13.2 Å². The number of alkyl halides is 3. The number of methoxy groups -OCH3 is 1. The second-order valence-corrected chi connectivity index (χ2v) is 6.56. The van der Waals surface area contributed by atoms with E-state index in [-0.39, 0.29) is 17.7 Å². The summed E-state index contributed by atoms with van der Waals surface area (Å²) in [5.74, 6) is -0.342. The fourth-order valence-corrected chi connectivity index (χ4v) is 3.10. The van der Waals surface area contributed by atoms with Crippen LogP contribution in [-0.4, -0.2) is 19.4 Å². The minimum Gasteiger partial charge on any atom is -0.496 e. The zero-order valence-electron chi connectivity index (χ0n) is 16.3. The molecule has 1 N–H and O–H groups in total. The highest BCUT2D eigenvalue weighted by Crippen LogP contribution is 2.29. The Hall–Kier alpha value is -3.49. The molecule has 0 aliphatic rings. The normalized spacial score (nSPS) is 11.4. The average molecular weight is 421 g/mol. The summed E-state index contributed by atoms with van der Waals surface area (Å²) >= 11 is 0. The maximum atomic E-state index is 12.5. The molecule has 0 spiro atoms. The van der Waals surface area contributed by atoms with Crippen molar-refractivity contribution in [3.05, 3.63) is 63.5 Å². The van der Waals surface area contributed by atoms with Gasteiger partial charge in [0.2, 0.25) is 5.91 Å². The lowest BCUT2D eigenvalue weighted by Crippen LogP contribution is -2.21. The molecule has 0 aliphatic carbocycles. The molecule has 1 amide bonds. The van der Waals surface area contributed by atoms with Crippen molar-refractivity contribution in [2.45, 2.75) is 26.6 Å². The van der Waals surface area contributed by atoms with Gasteiger partial charge in [-0.2, -0.15) is 0 Å². The van der Waals surface area contributed by atoms with Crippen molar-refractivity contribution in [3.63, 3.8) is 0 Å². The number of fused-ring (bicyclic) bond motifs is 1. The molecule has 0 bridgehead atoms. The van der Waals surface area contributed by atoms with Crippen LogP contribution in [0.1, 0.15) is 16.7 Å². The number of ether oxygens (including phenoxy) is 2. The number of hydrogen-bond acceptors (Lipinski definition) is 5. The van der Waals surface area contributed by atoms with Gasteiger partial charge in [0.1, 0.15) is 17.1 Å². The number of halogens is 3. The molecule has 2 aromatic carbocycles. The van der Waals surface area contributed by atoms with E-state index in [0.717, 1.165) is 12.1 Å². The maximum Gasteiger partial charge on any atom is 0.573 e. The van der Waals surface area contributed by atoms with Crippen LogP contribution in [0.4, 0.5) is 18.9 Å². The minimum absolute atomic E-state index is 0.196. The molecule has 1 aromatic heterocycles. The molecule has 0 aliphatic heterocycles. The maximum absolute atomic E-state index is 12.5. The summed E-state index contributed by atoms with van der Waals surface area (Å²) in [7, 11) is 1.51. The molecule has 3 rings (SSSR count). The van der Waals surface area contributed by atoms with Gasteiger partial charge >= 0.3 is 12.0 Å². The molecule has 0 fully saturated rings. The van der Waals surface area contributed by atoms with Crippen LogP contribution < -0.4 is 20.4 Å². The largest absolute Gasteiger partial charge is 0.573 e. The Kier molecular flexibility index (Phi) is 5.73. The molecular weight excluding hydrogens is 403 g/mol. The average Bonchev–Trinajstić information content (AvgIpc) is 2.66. The van der Waals surface area contributed by atoms with E-state index in [9.17, 15) is 22.8 Å². The third kappa shape index (κ3) is 4.56. The first-order valence-corrected chi connectivity index (χ1v) is 8.84. The summed E-state index contributed by atoms with van der Waals surface area (Å²) in [6.07, 6.45) is -5.05. The van der Waals surface area contributed by atoms with Gasteiger partial charge in [0, 0.05) is 16.6 Å². The number of hydrogen-bond donors (Lipinski definition) is 1. The molecule has 158 valence electrons. The number of nitrogens with one attached hydrogen (secondary N) is 1. The van der Waals surface area contributed by atoms with Gasteiger partial charge in [-0.1, -0.05) is 0 Å². The second kappa shape index (κ2) is 8.10. The molecule has 0 atom stereocenters. The lowest BCUT2D eigenvalue weighted by Gasteiger charge is -2.12.